The van der Waals surface area contributed by atoms with E-state index < -0.39 is 35.2 Å². The van der Waals surface area contributed by atoms with E-state index in [1.165, 1.54) is 72.0 Å². The minimum absolute atomic E-state index is 0.0800. The molecule has 10 heteroatoms. The lowest BCUT2D eigenvalue weighted by Gasteiger charge is -2.61. The third kappa shape index (κ3) is 13.9. The fourth-order valence-electron chi connectivity index (χ4n) is 25.8. The summed E-state index contributed by atoms with van der Waals surface area (Å²) in [5.41, 5.74) is 14.4. The maximum atomic E-state index is 13.9. The Balaban J connectivity index is 0.000000198. The molecule has 0 aromatic rings. The number of esters is 2. The molecule has 20 unspecified atom stereocenters. The quantitative estimate of drug-likeness (QED) is 0.0593. The van der Waals surface area contributed by atoms with Crippen molar-refractivity contribution in [2.75, 3.05) is 13.2 Å². The van der Waals surface area contributed by atoms with Crippen LogP contribution in [0.15, 0.2) is 92.2 Å². The molecule has 0 spiro atoms. The number of aliphatic hydroxyl groups is 2. The number of ether oxygens (including phenoxy) is 2. The van der Waals surface area contributed by atoms with Gasteiger partial charge in [0.25, 0.3) is 0 Å². The van der Waals surface area contributed by atoms with Crippen LogP contribution >= 0.6 is 0 Å². The molecule has 0 saturated heterocycles. The number of carbonyl (C=O) groups is 2. The minimum atomic E-state index is -0.712. The molecule has 0 aromatic heterocycles. The summed E-state index contributed by atoms with van der Waals surface area (Å²) >= 11 is 0. The van der Waals surface area contributed by atoms with Gasteiger partial charge in [-0.3, -0.25) is 20.1 Å². The molecular weight excluding hydrogens is 1220 g/mol. The summed E-state index contributed by atoms with van der Waals surface area (Å²) in [6.45, 7) is 37.3. The van der Waals surface area contributed by atoms with Gasteiger partial charge in [-0.15, -0.1) is 0 Å². The fraction of sp³-hybridized carbons (Fsp3) is 0.795. The second-order valence-electron chi connectivity index (χ2n) is 37.9. The number of carbonyl (C=O) groups excluding carboxylic acids is 2. The van der Waals surface area contributed by atoms with E-state index in [1.54, 1.807) is 22.3 Å². The summed E-state index contributed by atoms with van der Waals surface area (Å²) in [5.74, 6) is 4.59. The zero-order chi connectivity index (χ0) is 70.7. The Morgan fingerprint density at radius 2 is 0.765 bits per heavy atom. The van der Waals surface area contributed by atoms with Crippen LogP contribution in [-0.4, -0.2) is 70.3 Å². The highest BCUT2D eigenvalue weighted by atomic mass is 17.1. The normalized spacial score (nSPS) is 40.1. The molecule has 12 aliphatic rings. The Hall–Kier alpha value is -3.38. The van der Waals surface area contributed by atoms with Gasteiger partial charge in [0, 0.05) is 36.5 Å². The summed E-state index contributed by atoms with van der Waals surface area (Å²) in [6, 6.07) is 0. The van der Waals surface area contributed by atoms with E-state index in [4.69, 9.17) is 19.2 Å². The first-order valence-electron chi connectivity index (χ1n) is 40.2. The van der Waals surface area contributed by atoms with Gasteiger partial charge in [0.15, 0.2) is 0 Å². The summed E-state index contributed by atoms with van der Waals surface area (Å²) in [6.07, 6.45) is 42.4. The highest BCUT2D eigenvalue weighted by Gasteiger charge is 2.63. The Morgan fingerprint density at radius 3 is 1.12 bits per heavy atom. The van der Waals surface area contributed by atoms with Crippen LogP contribution in [0, 0.1) is 102 Å². The molecule has 8 fully saturated rings. The maximum absolute atomic E-state index is 13.9. The van der Waals surface area contributed by atoms with Crippen molar-refractivity contribution in [3.63, 3.8) is 0 Å². The summed E-state index contributed by atoms with van der Waals surface area (Å²) in [4.78, 5) is 38.5. The zero-order valence-corrected chi connectivity index (χ0v) is 64.4. The summed E-state index contributed by atoms with van der Waals surface area (Å²) in [5, 5.41) is 43.3. The fourth-order valence-corrected chi connectivity index (χ4v) is 25.8. The molecule has 10 nitrogen and oxygen atoms in total. The van der Waals surface area contributed by atoms with E-state index in [2.05, 4.69) is 147 Å². The lowest BCUT2D eigenvalue weighted by Crippen LogP contribution is -2.55. The highest BCUT2D eigenvalue weighted by Crippen LogP contribution is 2.69. The Labute approximate surface area is 594 Å². The Bertz CT molecular complexity index is 3180. The molecule has 0 aliphatic heterocycles. The summed E-state index contributed by atoms with van der Waals surface area (Å²) < 4.78 is 12.1. The monoisotopic (exact) mass is 1350 g/mol. The van der Waals surface area contributed by atoms with Gasteiger partial charge < -0.3 is 19.7 Å². The largest absolute Gasteiger partial charge is 0.465 e. The van der Waals surface area contributed by atoms with Crippen molar-refractivity contribution in [3.05, 3.63) is 92.2 Å². The molecule has 8 saturated carbocycles. The molecule has 0 amide bonds. The lowest BCUT2D eigenvalue weighted by molar-refractivity contribution is -0.323. The predicted molar refractivity (Wildman–Crippen MR) is 395 cm³/mol. The molecule has 98 heavy (non-hydrogen) atoms. The van der Waals surface area contributed by atoms with E-state index in [-0.39, 0.29) is 57.6 Å². The highest BCUT2D eigenvalue weighted by molar-refractivity contribution is 5.78. The van der Waals surface area contributed by atoms with Crippen molar-refractivity contribution in [3.8, 4) is 0 Å². The standard InChI is InChI=1S/2C44H68O5/c2*1-28(2)30-11-15-35-32(25-30)13-17-37-41(35,5)20-9-22-43(37,7)39(49-47)27-34(45)19-24-48-40(46)44(8)23-10-21-42(6)36-16-12-31(29(3)4)26-33(36)14-18-38(42)44/h25-26,34-39,45,47H,9-24,27H2,1-8H3;11-12,25-26,28-29,34-39,45,47H,9-10,13-24,27H2,1-8H3. The first kappa shape index (κ1) is 75.8. The Morgan fingerprint density at radius 1 is 0.439 bits per heavy atom. The second kappa shape index (κ2) is 29.6. The number of aliphatic hydroxyl groups excluding tert-OH is 2. The average Bonchev–Trinajstić information content (AvgIpc) is 0.745. The smallest absolute Gasteiger partial charge is 0.312 e. The number of fused-ring (bicyclic) bond motifs is 12. The van der Waals surface area contributed by atoms with Gasteiger partial charge in [-0.2, -0.15) is 0 Å². The molecule has 0 bridgehead atoms. The molecule has 0 aromatic carbocycles. The molecule has 20 atom stereocenters. The molecule has 12 aliphatic carbocycles. The third-order valence-corrected chi connectivity index (χ3v) is 31.5. The minimum Gasteiger partial charge on any atom is -0.465 e. The third-order valence-electron chi connectivity index (χ3n) is 31.5. The zero-order valence-electron chi connectivity index (χ0n) is 64.4. The van der Waals surface area contributed by atoms with Crippen molar-refractivity contribution in [1.29, 1.82) is 0 Å². The van der Waals surface area contributed by atoms with Gasteiger partial charge in [0.2, 0.25) is 0 Å². The van der Waals surface area contributed by atoms with Crippen LogP contribution in [0.25, 0.3) is 0 Å². The first-order valence-corrected chi connectivity index (χ1v) is 40.2. The SMILES string of the molecule is CC(C)=C1C=C2CCC3C(C)(C(=O)OCCC(O)CC(OO)C4(C)CCCC5(C)C6CCC(=C(C)C)C=C6CCC45)CCCC3(C)C2CC1.CC(C)C1=CCC2C(=C1)CCC1C(C)(C(=O)OCCC(O)CC(OO)C3(C)CCCC4(C)C5CC=C(C(C)C)C=C5CCC34)CCCC21C. The van der Waals surface area contributed by atoms with E-state index in [9.17, 15) is 30.3 Å². The number of hydrogen-bond donors (Lipinski definition) is 4. The molecule has 0 radical (unpaired) electrons. The first-order chi connectivity index (χ1) is 46.3. The van der Waals surface area contributed by atoms with Gasteiger partial charge in [0.1, 0.15) is 12.2 Å². The number of allylic oxidation sites excluding steroid dienone is 16. The molecular formula is C88H136O10. The number of rotatable bonds is 18. The van der Waals surface area contributed by atoms with E-state index in [1.807, 2.05) is 0 Å². The average molecular weight is 1350 g/mol. The van der Waals surface area contributed by atoms with Crippen LogP contribution in [0.5, 0.6) is 0 Å². The number of hydrogen-bond acceptors (Lipinski definition) is 10. The molecule has 548 valence electrons. The van der Waals surface area contributed by atoms with E-state index in [0.717, 1.165) is 128 Å². The second-order valence-corrected chi connectivity index (χ2v) is 37.9. The van der Waals surface area contributed by atoms with Crippen molar-refractivity contribution in [2.24, 2.45) is 102 Å². The molecule has 0 heterocycles. The van der Waals surface area contributed by atoms with Gasteiger partial charge >= 0.3 is 11.9 Å². The Kier molecular flexibility index (Phi) is 22.9. The van der Waals surface area contributed by atoms with Crippen LogP contribution in [0.4, 0.5) is 0 Å². The van der Waals surface area contributed by atoms with Crippen molar-refractivity contribution in [2.45, 2.75) is 328 Å². The predicted octanol–water partition coefficient (Wildman–Crippen LogP) is 21.9. The van der Waals surface area contributed by atoms with Crippen molar-refractivity contribution >= 4 is 11.9 Å². The van der Waals surface area contributed by atoms with Gasteiger partial charge in [-0.05, 0) is 286 Å². The lowest BCUT2D eigenvalue weighted by atomic mass is 9.44. The molecule has 12 rings (SSSR count). The van der Waals surface area contributed by atoms with Crippen molar-refractivity contribution < 1.29 is 49.6 Å². The van der Waals surface area contributed by atoms with Crippen LogP contribution in [0.3, 0.4) is 0 Å². The van der Waals surface area contributed by atoms with Crippen LogP contribution in [0.1, 0.15) is 303 Å². The maximum Gasteiger partial charge on any atom is 0.312 e. The van der Waals surface area contributed by atoms with E-state index >= 15 is 0 Å². The molecule has 4 N–H and O–H groups in total. The topological polar surface area (TPSA) is 152 Å². The van der Waals surface area contributed by atoms with Gasteiger partial charge in [-0.1, -0.05) is 165 Å². The van der Waals surface area contributed by atoms with Crippen molar-refractivity contribution in [1.82, 2.24) is 0 Å². The van der Waals surface area contributed by atoms with Gasteiger partial charge in [-0.25, -0.2) is 9.78 Å². The summed E-state index contributed by atoms with van der Waals surface area (Å²) in [7, 11) is 0. The van der Waals surface area contributed by atoms with Crippen LogP contribution < -0.4 is 0 Å². The van der Waals surface area contributed by atoms with Crippen LogP contribution in [0.2, 0.25) is 0 Å². The van der Waals surface area contributed by atoms with Gasteiger partial charge in [0.05, 0.1) is 36.3 Å². The van der Waals surface area contributed by atoms with Crippen LogP contribution in [-0.2, 0) is 28.8 Å². The van der Waals surface area contributed by atoms with E-state index in [0.29, 0.717) is 84.9 Å².